The normalized spacial score (nSPS) is 10.9. The van der Waals surface area contributed by atoms with Crippen molar-refractivity contribution >= 4 is 11.0 Å². The van der Waals surface area contributed by atoms with Crippen molar-refractivity contribution in [1.29, 1.82) is 0 Å². The van der Waals surface area contributed by atoms with Gasteiger partial charge in [0, 0.05) is 0 Å². The molecule has 0 unspecified atom stereocenters. The van der Waals surface area contributed by atoms with Crippen LogP contribution in [0.1, 0.15) is 0 Å². The second kappa shape index (κ2) is 3.59. The van der Waals surface area contributed by atoms with E-state index in [-0.39, 0.29) is 11.2 Å². The van der Waals surface area contributed by atoms with E-state index in [9.17, 15) is 9.18 Å². The molecule has 0 spiro atoms. The molecule has 0 fully saturated rings. The van der Waals surface area contributed by atoms with Crippen LogP contribution >= 0.6 is 0 Å². The van der Waals surface area contributed by atoms with Gasteiger partial charge in [0.05, 0.1) is 11.2 Å². The van der Waals surface area contributed by atoms with Gasteiger partial charge in [0.25, 0.3) is 0 Å². The van der Waals surface area contributed by atoms with E-state index >= 15 is 0 Å². The average Bonchev–Trinajstić information content (AvgIpc) is 2.68. The third kappa shape index (κ3) is 1.45. The highest BCUT2D eigenvalue weighted by atomic mass is 19.1. The van der Waals surface area contributed by atoms with Crippen LogP contribution in [0.2, 0.25) is 0 Å². The topological polar surface area (TPSA) is 37.8 Å². The smallest absolute Gasteiger partial charge is 0.303 e. The highest BCUT2D eigenvalue weighted by Crippen LogP contribution is 2.17. The maximum absolute atomic E-state index is 13.5. The lowest BCUT2D eigenvalue weighted by atomic mass is 10.2. The average molecular weight is 228 g/mol. The summed E-state index contributed by atoms with van der Waals surface area (Å²) in [6.07, 6.45) is 0. The lowest BCUT2D eigenvalue weighted by molar-refractivity contribution is 0.637. The highest BCUT2D eigenvalue weighted by molar-refractivity contribution is 5.77. The van der Waals surface area contributed by atoms with Crippen molar-refractivity contribution in [2.24, 2.45) is 0 Å². The van der Waals surface area contributed by atoms with Crippen molar-refractivity contribution in [3.05, 3.63) is 64.8 Å². The molecule has 17 heavy (non-hydrogen) atoms. The zero-order chi connectivity index (χ0) is 11.8. The van der Waals surface area contributed by atoms with E-state index in [0.717, 1.165) is 0 Å². The van der Waals surface area contributed by atoms with Gasteiger partial charge in [-0.2, -0.15) is 0 Å². The van der Waals surface area contributed by atoms with Crippen LogP contribution in [-0.4, -0.2) is 9.55 Å². The van der Waals surface area contributed by atoms with Crippen molar-refractivity contribution in [1.82, 2.24) is 9.55 Å². The zero-order valence-electron chi connectivity index (χ0n) is 8.85. The molecule has 1 N–H and O–H groups in total. The maximum Gasteiger partial charge on any atom is 0.331 e. The number of hydrogen-bond acceptors (Lipinski definition) is 1. The molecule has 0 amide bonds. The van der Waals surface area contributed by atoms with Crippen LogP contribution in [0.25, 0.3) is 16.7 Å². The molecule has 1 aromatic heterocycles. The van der Waals surface area contributed by atoms with Crippen LogP contribution in [0, 0.1) is 5.82 Å². The SMILES string of the molecule is O=c1[nH]c2c(F)cccc2n1-c1ccccc1. The standard InChI is InChI=1S/C13H9FN2O/c14-10-7-4-8-11-12(10)15-13(17)16(11)9-5-2-1-3-6-9/h1-8H,(H,15,17). The minimum atomic E-state index is -0.422. The summed E-state index contributed by atoms with van der Waals surface area (Å²) in [6.45, 7) is 0. The number of halogens is 1. The lowest BCUT2D eigenvalue weighted by Crippen LogP contribution is -2.14. The van der Waals surface area contributed by atoms with E-state index in [0.29, 0.717) is 11.2 Å². The van der Waals surface area contributed by atoms with Crippen LogP contribution in [0.4, 0.5) is 4.39 Å². The van der Waals surface area contributed by atoms with Crippen LogP contribution in [0.5, 0.6) is 0 Å². The van der Waals surface area contributed by atoms with Crippen molar-refractivity contribution in [2.45, 2.75) is 0 Å². The molecule has 0 bridgehead atoms. The Kier molecular flexibility index (Phi) is 2.08. The van der Waals surface area contributed by atoms with Gasteiger partial charge in [0.1, 0.15) is 11.3 Å². The molecule has 0 atom stereocenters. The summed E-state index contributed by atoms with van der Waals surface area (Å²) in [5, 5.41) is 0. The third-order valence-corrected chi connectivity index (χ3v) is 2.68. The van der Waals surface area contributed by atoms with Crippen LogP contribution in [0.3, 0.4) is 0 Å². The maximum atomic E-state index is 13.5. The Morgan fingerprint density at radius 2 is 1.76 bits per heavy atom. The van der Waals surface area contributed by atoms with E-state index in [1.165, 1.54) is 10.6 Å². The number of benzene rings is 2. The summed E-state index contributed by atoms with van der Waals surface area (Å²) in [5.74, 6) is -0.422. The van der Waals surface area contributed by atoms with Gasteiger partial charge in [-0.1, -0.05) is 24.3 Å². The predicted molar refractivity (Wildman–Crippen MR) is 63.9 cm³/mol. The first kappa shape index (κ1) is 9.84. The van der Waals surface area contributed by atoms with Crippen LogP contribution in [0.15, 0.2) is 53.3 Å². The van der Waals surface area contributed by atoms with E-state index < -0.39 is 5.82 Å². The molecule has 0 radical (unpaired) electrons. The molecule has 1 heterocycles. The van der Waals surface area contributed by atoms with Crippen molar-refractivity contribution in [3.63, 3.8) is 0 Å². The van der Waals surface area contributed by atoms with Crippen LogP contribution in [-0.2, 0) is 0 Å². The molecule has 0 aliphatic rings. The van der Waals surface area contributed by atoms with Gasteiger partial charge >= 0.3 is 5.69 Å². The number of H-pyrrole nitrogens is 1. The summed E-state index contributed by atoms with van der Waals surface area (Å²) in [4.78, 5) is 14.4. The molecular formula is C13H9FN2O. The molecule has 4 heteroatoms. The predicted octanol–water partition coefficient (Wildman–Crippen LogP) is 2.46. The second-order valence-corrected chi connectivity index (χ2v) is 3.74. The van der Waals surface area contributed by atoms with E-state index in [4.69, 9.17) is 0 Å². The number of rotatable bonds is 1. The fraction of sp³-hybridized carbons (Fsp3) is 0. The van der Waals surface area contributed by atoms with Gasteiger partial charge in [-0.15, -0.1) is 0 Å². The minimum absolute atomic E-state index is 0.237. The number of nitrogens with zero attached hydrogens (tertiary/aromatic N) is 1. The quantitative estimate of drug-likeness (QED) is 0.682. The van der Waals surface area contributed by atoms with Gasteiger partial charge in [-0.05, 0) is 24.3 Å². The molecule has 2 aromatic carbocycles. The summed E-state index contributed by atoms with van der Waals surface area (Å²) in [7, 11) is 0. The summed E-state index contributed by atoms with van der Waals surface area (Å²) < 4.78 is 15.0. The van der Waals surface area contributed by atoms with Crippen molar-refractivity contribution < 1.29 is 4.39 Å². The first-order valence-electron chi connectivity index (χ1n) is 5.22. The Balaban J connectivity index is 2.42. The molecule has 3 aromatic rings. The van der Waals surface area contributed by atoms with Crippen molar-refractivity contribution in [3.8, 4) is 5.69 Å². The summed E-state index contributed by atoms with van der Waals surface area (Å²) in [6, 6.07) is 13.8. The number of aromatic nitrogens is 2. The zero-order valence-corrected chi connectivity index (χ0v) is 8.85. The summed E-state index contributed by atoms with van der Waals surface area (Å²) in [5.41, 5.74) is 1.16. The fourth-order valence-electron chi connectivity index (χ4n) is 1.93. The number of hydrogen-bond donors (Lipinski definition) is 1. The molecule has 0 aliphatic carbocycles. The molecule has 84 valence electrons. The first-order valence-corrected chi connectivity index (χ1v) is 5.22. The largest absolute Gasteiger partial charge is 0.331 e. The summed E-state index contributed by atoms with van der Waals surface area (Å²) >= 11 is 0. The molecule has 3 nitrogen and oxygen atoms in total. The van der Waals surface area contributed by atoms with E-state index in [1.54, 1.807) is 24.3 Å². The van der Waals surface area contributed by atoms with Gasteiger partial charge in [-0.25, -0.2) is 9.18 Å². The Labute approximate surface area is 96.1 Å². The van der Waals surface area contributed by atoms with Gasteiger partial charge in [-0.3, -0.25) is 4.57 Å². The Bertz CT molecular complexity index is 728. The molecule has 0 saturated carbocycles. The van der Waals surface area contributed by atoms with Gasteiger partial charge in [0.15, 0.2) is 0 Å². The number of nitrogens with one attached hydrogen (secondary N) is 1. The fourth-order valence-corrected chi connectivity index (χ4v) is 1.93. The molecule has 0 saturated heterocycles. The minimum Gasteiger partial charge on any atom is -0.303 e. The van der Waals surface area contributed by atoms with E-state index in [1.807, 2.05) is 18.2 Å². The Morgan fingerprint density at radius 1 is 1.00 bits per heavy atom. The van der Waals surface area contributed by atoms with Gasteiger partial charge in [0.2, 0.25) is 0 Å². The lowest BCUT2D eigenvalue weighted by Gasteiger charge is -2.02. The number of para-hydroxylation sites is 2. The number of fused-ring (bicyclic) bond motifs is 1. The molecular weight excluding hydrogens is 219 g/mol. The number of imidazole rings is 1. The highest BCUT2D eigenvalue weighted by Gasteiger charge is 2.10. The van der Waals surface area contributed by atoms with Crippen LogP contribution < -0.4 is 5.69 Å². The van der Waals surface area contributed by atoms with Gasteiger partial charge < -0.3 is 4.98 Å². The second-order valence-electron chi connectivity index (χ2n) is 3.74. The van der Waals surface area contributed by atoms with Crippen molar-refractivity contribution in [2.75, 3.05) is 0 Å². The van der Waals surface area contributed by atoms with E-state index in [2.05, 4.69) is 4.98 Å². The monoisotopic (exact) mass is 228 g/mol. The molecule has 0 aliphatic heterocycles. The number of aromatic amines is 1. The first-order chi connectivity index (χ1) is 8.27. The molecule has 3 rings (SSSR count). The Hall–Kier alpha value is -2.36. The Morgan fingerprint density at radius 3 is 2.53 bits per heavy atom. The third-order valence-electron chi connectivity index (χ3n) is 2.68.